The van der Waals surface area contributed by atoms with Gasteiger partial charge in [-0.05, 0) is 24.6 Å². The molecule has 0 saturated carbocycles. The summed E-state index contributed by atoms with van der Waals surface area (Å²) in [6, 6.07) is 6.39. The van der Waals surface area contributed by atoms with Gasteiger partial charge in [-0.2, -0.15) is 0 Å². The number of methoxy groups -OCH3 is 1. The van der Waals surface area contributed by atoms with Crippen LogP contribution in [0.3, 0.4) is 0 Å². The van der Waals surface area contributed by atoms with Crippen LogP contribution in [0, 0.1) is 5.82 Å². The van der Waals surface area contributed by atoms with Gasteiger partial charge in [-0.15, -0.1) is 0 Å². The van der Waals surface area contributed by atoms with Gasteiger partial charge in [0.1, 0.15) is 11.4 Å². The summed E-state index contributed by atoms with van der Waals surface area (Å²) in [7, 11) is 1.40. The molecule has 5 heteroatoms. The molecular weight excluding hydrogens is 259 g/mol. The Labute approximate surface area is 118 Å². The second-order valence-corrected chi connectivity index (χ2v) is 5.31. The van der Waals surface area contributed by atoms with Crippen LogP contribution in [0.2, 0.25) is 0 Å². The molecule has 0 spiro atoms. The first-order valence-electron chi connectivity index (χ1n) is 6.85. The Kier molecular flexibility index (Phi) is 4.73. The van der Waals surface area contributed by atoms with Gasteiger partial charge in [0.25, 0.3) is 0 Å². The fraction of sp³-hybridized carbons (Fsp3) is 0.533. The van der Waals surface area contributed by atoms with Crippen molar-refractivity contribution in [1.82, 2.24) is 10.2 Å². The van der Waals surface area contributed by atoms with Gasteiger partial charge < -0.3 is 10.1 Å². The molecular formula is C15H21FN2O2. The molecule has 1 aromatic carbocycles. The number of rotatable bonds is 4. The molecule has 1 atom stereocenters. The van der Waals surface area contributed by atoms with Gasteiger partial charge in [0, 0.05) is 32.6 Å². The van der Waals surface area contributed by atoms with Gasteiger partial charge in [-0.25, -0.2) is 4.39 Å². The molecule has 0 aliphatic carbocycles. The SMILES string of the molecule is COC(=O)C(C)(Cc1cccc(F)c1)N1CCNCC1. The van der Waals surface area contributed by atoms with Crippen LogP contribution in [-0.4, -0.2) is 49.7 Å². The summed E-state index contributed by atoms with van der Waals surface area (Å²) in [5.41, 5.74) is 0.0430. The molecule has 1 N–H and O–H groups in total. The number of carbonyl (C=O) groups is 1. The van der Waals surface area contributed by atoms with E-state index in [9.17, 15) is 9.18 Å². The van der Waals surface area contributed by atoms with Crippen molar-refractivity contribution in [1.29, 1.82) is 0 Å². The Bertz CT molecular complexity index is 475. The van der Waals surface area contributed by atoms with Crippen LogP contribution in [0.15, 0.2) is 24.3 Å². The third-order valence-corrected chi connectivity index (χ3v) is 3.88. The van der Waals surface area contributed by atoms with Gasteiger partial charge in [0.05, 0.1) is 7.11 Å². The van der Waals surface area contributed by atoms with Crippen molar-refractivity contribution in [3.05, 3.63) is 35.6 Å². The summed E-state index contributed by atoms with van der Waals surface area (Å²) >= 11 is 0. The minimum atomic E-state index is -0.759. The average Bonchev–Trinajstić information content (AvgIpc) is 2.47. The molecule has 1 aromatic rings. The lowest BCUT2D eigenvalue weighted by Gasteiger charge is -2.41. The summed E-state index contributed by atoms with van der Waals surface area (Å²) in [4.78, 5) is 14.4. The molecule has 0 amide bonds. The molecule has 1 aliphatic rings. The maximum atomic E-state index is 13.3. The second-order valence-electron chi connectivity index (χ2n) is 5.31. The number of benzene rings is 1. The number of hydrogen-bond acceptors (Lipinski definition) is 4. The highest BCUT2D eigenvalue weighted by Gasteiger charge is 2.41. The highest BCUT2D eigenvalue weighted by atomic mass is 19.1. The standard InChI is InChI=1S/C15H21FN2O2/c1-15(14(19)20-2,18-8-6-17-7-9-18)11-12-4-3-5-13(16)10-12/h3-5,10,17H,6-9,11H2,1-2H3. The first-order chi connectivity index (χ1) is 9.56. The van der Waals surface area contributed by atoms with Gasteiger partial charge in [0.15, 0.2) is 0 Å². The first kappa shape index (κ1) is 14.9. The maximum Gasteiger partial charge on any atom is 0.326 e. The number of halogens is 1. The predicted octanol–water partition coefficient (Wildman–Crippen LogP) is 1.21. The van der Waals surface area contributed by atoms with Crippen molar-refractivity contribution in [3.8, 4) is 0 Å². The van der Waals surface area contributed by atoms with E-state index in [4.69, 9.17) is 4.74 Å². The molecule has 20 heavy (non-hydrogen) atoms. The molecule has 2 rings (SSSR count). The van der Waals surface area contributed by atoms with Crippen molar-refractivity contribution in [3.63, 3.8) is 0 Å². The van der Waals surface area contributed by atoms with Crippen LogP contribution in [0.5, 0.6) is 0 Å². The number of nitrogens with one attached hydrogen (secondary N) is 1. The Morgan fingerprint density at radius 3 is 2.75 bits per heavy atom. The Balaban J connectivity index is 2.24. The van der Waals surface area contributed by atoms with E-state index in [1.165, 1.54) is 19.2 Å². The number of nitrogens with zero attached hydrogens (tertiary/aromatic N) is 1. The zero-order valence-electron chi connectivity index (χ0n) is 12.0. The fourth-order valence-electron chi connectivity index (χ4n) is 2.74. The lowest BCUT2D eigenvalue weighted by Crippen LogP contribution is -2.60. The smallest absolute Gasteiger partial charge is 0.326 e. The quantitative estimate of drug-likeness (QED) is 0.842. The molecule has 110 valence electrons. The molecule has 1 fully saturated rings. The minimum absolute atomic E-state index is 0.274. The lowest BCUT2D eigenvalue weighted by molar-refractivity contribution is -0.154. The number of hydrogen-bond donors (Lipinski definition) is 1. The number of esters is 1. The van der Waals surface area contributed by atoms with Crippen LogP contribution >= 0.6 is 0 Å². The van der Waals surface area contributed by atoms with Gasteiger partial charge in [-0.1, -0.05) is 12.1 Å². The van der Waals surface area contributed by atoms with Gasteiger partial charge in [-0.3, -0.25) is 9.69 Å². The van der Waals surface area contributed by atoms with E-state index in [2.05, 4.69) is 10.2 Å². The molecule has 4 nitrogen and oxygen atoms in total. The zero-order chi connectivity index (χ0) is 14.6. The summed E-state index contributed by atoms with van der Waals surface area (Å²) in [6.07, 6.45) is 0.442. The Morgan fingerprint density at radius 2 is 2.15 bits per heavy atom. The third kappa shape index (κ3) is 3.16. The van der Waals surface area contributed by atoms with E-state index in [0.717, 1.165) is 31.7 Å². The van der Waals surface area contributed by atoms with Crippen molar-refractivity contribution < 1.29 is 13.9 Å². The largest absolute Gasteiger partial charge is 0.468 e. The van der Waals surface area contributed by atoms with Crippen molar-refractivity contribution in [2.24, 2.45) is 0 Å². The third-order valence-electron chi connectivity index (χ3n) is 3.88. The van der Waals surface area contributed by atoms with E-state index < -0.39 is 5.54 Å². The van der Waals surface area contributed by atoms with E-state index in [-0.39, 0.29) is 11.8 Å². The monoisotopic (exact) mass is 280 g/mol. The number of ether oxygens (including phenoxy) is 1. The molecule has 0 radical (unpaired) electrons. The Hall–Kier alpha value is -1.46. The summed E-state index contributed by atoms with van der Waals surface area (Å²) in [5.74, 6) is -0.557. The van der Waals surface area contributed by atoms with Crippen LogP contribution in [-0.2, 0) is 16.0 Å². The molecule has 0 aromatic heterocycles. The molecule has 1 unspecified atom stereocenters. The Morgan fingerprint density at radius 1 is 1.45 bits per heavy atom. The molecule has 1 aliphatic heterocycles. The fourth-order valence-corrected chi connectivity index (χ4v) is 2.74. The second kappa shape index (κ2) is 6.33. The highest BCUT2D eigenvalue weighted by Crippen LogP contribution is 2.23. The summed E-state index contributed by atoms with van der Waals surface area (Å²) in [5, 5.41) is 3.26. The van der Waals surface area contributed by atoms with Crippen LogP contribution < -0.4 is 5.32 Å². The molecule has 0 bridgehead atoms. The van der Waals surface area contributed by atoms with E-state index in [1.807, 2.05) is 13.0 Å². The van der Waals surface area contributed by atoms with E-state index >= 15 is 0 Å². The normalized spacial score (nSPS) is 19.4. The van der Waals surface area contributed by atoms with Crippen LogP contribution in [0.25, 0.3) is 0 Å². The summed E-state index contributed by atoms with van der Waals surface area (Å²) < 4.78 is 18.3. The van der Waals surface area contributed by atoms with Crippen LogP contribution in [0.1, 0.15) is 12.5 Å². The van der Waals surface area contributed by atoms with Gasteiger partial charge in [0.2, 0.25) is 0 Å². The maximum absolute atomic E-state index is 13.3. The molecule has 1 saturated heterocycles. The summed E-state index contributed by atoms with van der Waals surface area (Å²) in [6.45, 7) is 5.11. The highest BCUT2D eigenvalue weighted by molar-refractivity contribution is 5.80. The first-order valence-corrected chi connectivity index (χ1v) is 6.85. The molecule has 1 heterocycles. The number of carbonyl (C=O) groups excluding carboxylic acids is 1. The average molecular weight is 280 g/mol. The minimum Gasteiger partial charge on any atom is -0.468 e. The number of piperazine rings is 1. The van der Waals surface area contributed by atoms with E-state index in [0.29, 0.717) is 6.42 Å². The van der Waals surface area contributed by atoms with Gasteiger partial charge >= 0.3 is 5.97 Å². The predicted molar refractivity (Wildman–Crippen MR) is 75.0 cm³/mol. The lowest BCUT2D eigenvalue weighted by atomic mass is 9.90. The zero-order valence-corrected chi connectivity index (χ0v) is 12.0. The van der Waals surface area contributed by atoms with Crippen LogP contribution in [0.4, 0.5) is 4.39 Å². The topological polar surface area (TPSA) is 41.6 Å². The van der Waals surface area contributed by atoms with Crippen molar-refractivity contribution in [2.75, 3.05) is 33.3 Å². The van der Waals surface area contributed by atoms with Crippen molar-refractivity contribution >= 4 is 5.97 Å². The van der Waals surface area contributed by atoms with Crippen molar-refractivity contribution in [2.45, 2.75) is 18.9 Å². The van der Waals surface area contributed by atoms with E-state index in [1.54, 1.807) is 6.07 Å².